The first-order valence-corrected chi connectivity index (χ1v) is 8.70. The number of hydrogen-bond acceptors (Lipinski definition) is 4. The Kier molecular flexibility index (Phi) is 3.21. The topological polar surface area (TPSA) is 36.9 Å². The molecule has 0 unspecified atom stereocenters. The fourth-order valence-corrected chi connectivity index (χ4v) is 5.45. The molecule has 1 saturated carbocycles. The van der Waals surface area contributed by atoms with E-state index in [0.29, 0.717) is 23.7 Å². The molecule has 5 rings (SSSR count). The van der Waals surface area contributed by atoms with Crippen molar-refractivity contribution in [3.05, 3.63) is 0 Å². The largest absolute Gasteiger partial charge is 0.346 e. The van der Waals surface area contributed by atoms with Gasteiger partial charge in [-0.3, -0.25) is 0 Å². The van der Waals surface area contributed by atoms with Crippen molar-refractivity contribution in [2.24, 2.45) is 23.7 Å². The van der Waals surface area contributed by atoms with Gasteiger partial charge in [0, 0.05) is 12.3 Å². The van der Waals surface area contributed by atoms with Crippen LogP contribution in [0.15, 0.2) is 0 Å². The highest BCUT2D eigenvalue weighted by Crippen LogP contribution is 2.60. The van der Waals surface area contributed by atoms with E-state index < -0.39 is 11.4 Å². The number of fused-ring (bicyclic) bond motifs is 2. The SMILES string of the molecule is CC[C@H]1O[C@@H]2O[C@@]3(C)CC[C@H]4[C@H](C)CC[C@@H]([C@H]1C)[C@@]24OO3. The zero-order chi connectivity index (χ0) is 14.8. The van der Waals surface area contributed by atoms with Gasteiger partial charge in [0.25, 0.3) is 0 Å². The van der Waals surface area contributed by atoms with E-state index in [4.69, 9.17) is 19.2 Å². The summed E-state index contributed by atoms with van der Waals surface area (Å²) in [7, 11) is 0. The molecule has 120 valence electrons. The summed E-state index contributed by atoms with van der Waals surface area (Å²) < 4.78 is 12.7. The molecule has 4 aliphatic heterocycles. The number of ether oxygens (including phenoxy) is 2. The molecule has 8 atom stereocenters. The van der Waals surface area contributed by atoms with Crippen LogP contribution in [0.5, 0.6) is 0 Å². The van der Waals surface area contributed by atoms with Gasteiger partial charge in [0.2, 0.25) is 5.79 Å². The van der Waals surface area contributed by atoms with Crippen molar-refractivity contribution in [3.8, 4) is 0 Å². The van der Waals surface area contributed by atoms with Crippen LogP contribution in [0.1, 0.15) is 59.8 Å². The Balaban J connectivity index is 1.79. The van der Waals surface area contributed by atoms with E-state index in [0.717, 1.165) is 19.3 Å². The van der Waals surface area contributed by atoms with Crippen LogP contribution < -0.4 is 0 Å². The van der Waals surface area contributed by atoms with E-state index >= 15 is 0 Å². The molecule has 1 spiro atoms. The molecule has 4 saturated heterocycles. The van der Waals surface area contributed by atoms with Crippen LogP contribution in [0.25, 0.3) is 0 Å². The second kappa shape index (κ2) is 4.67. The molecule has 4 heterocycles. The average Bonchev–Trinajstić information content (AvgIpc) is 2.69. The fraction of sp³-hybridized carbons (Fsp3) is 1.00. The highest BCUT2D eigenvalue weighted by molar-refractivity contribution is 5.09. The van der Waals surface area contributed by atoms with Gasteiger partial charge in [-0.2, -0.15) is 0 Å². The van der Waals surface area contributed by atoms with E-state index in [9.17, 15) is 0 Å². The lowest BCUT2D eigenvalue weighted by Gasteiger charge is -2.60. The van der Waals surface area contributed by atoms with E-state index in [1.807, 2.05) is 6.92 Å². The summed E-state index contributed by atoms with van der Waals surface area (Å²) in [5, 5.41) is 0. The van der Waals surface area contributed by atoms with Gasteiger partial charge in [0.05, 0.1) is 6.10 Å². The van der Waals surface area contributed by atoms with Gasteiger partial charge >= 0.3 is 0 Å². The van der Waals surface area contributed by atoms with Crippen molar-refractivity contribution in [2.45, 2.75) is 83.6 Å². The summed E-state index contributed by atoms with van der Waals surface area (Å²) >= 11 is 0. The van der Waals surface area contributed by atoms with Crippen LogP contribution in [0, 0.1) is 23.7 Å². The Morgan fingerprint density at radius 3 is 2.62 bits per heavy atom. The molecule has 0 aromatic rings. The maximum absolute atomic E-state index is 6.38. The van der Waals surface area contributed by atoms with Crippen LogP contribution in [-0.2, 0) is 19.2 Å². The van der Waals surface area contributed by atoms with E-state index in [-0.39, 0.29) is 12.4 Å². The third kappa shape index (κ3) is 1.82. The Hall–Kier alpha value is -0.160. The third-order valence-electron chi connectivity index (χ3n) is 6.70. The summed E-state index contributed by atoms with van der Waals surface area (Å²) in [5.74, 6) is 1.45. The molecule has 2 bridgehead atoms. The zero-order valence-electron chi connectivity index (χ0n) is 13.6. The van der Waals surface area contributed by atoms with E-state index in [1.54, 1.807) is 0 Å². The van der Waals surface area contributed by atoms with Crippen LogP contribution in [0.2, 0.25) is 0 Å². The lowest BCUT2D eigenvalue weighted by atomic mass is 9.57. The fourth-order valence-electron chi connectivity index (χ4n) is 5.45. The average molecular weight is 296 g/mol. The molecule has 0 N–H and O–H groups in total. The van der Waals surface area contributed by atoms with Gasteiger partial charge in [0.1, 0.15) is 0 Å². The molecule has 0 aromatic carbocycles. The van der Waals surface area contributed by atoms with Gasteiger partial charge in [-0.1, -0.05) is 20.8 Å². The van der Waals surface area contributed by atoms with Crippen molar-refractivity contribution in [1.29, 1.82) is 0 Å². The quantitative estimate of drug-likeness (QED) is 0.692. The van der Waals surface area contributed by atoms with Crippen LogP contribution in [0.4, 0.5) is 0 Å². The molecule has 0 aromatic heterocycles. The van der Waals surface area contributed by atoms with Gasteiger partial charge in [-0.25, -0.2) is 9.78 Å². The number of rotatable bonds is 1. The minimum absolute atomic E-state index is 0.266. The summed E-state index contributed by atoms with van der Waals surface area (Å²) in [6, 6.07) is 0. The minimum Gasteiger partial charge on any atom is -0.346 e. The van der Waals surface area contributed by atoms with Crippen molar-refractivity contribution < 1.29 is 19.2 Å². The smallest absolute Gasteiger partial charge is 0.201 e. The van der Waals surface area contributed by atoms with Crippen LogP contribution in [0.3, 0.4) is 0 Å². The summed E-state index contributed by atoms with van der Waals surface area (Å²) in [6.07, 6.45) is 5.51. The summed E-state index contributed by atoms with van der Waals surface area (Å²) in [5.41, 5.74) is -0.390. The Labute approximate surface area is 127 Å². The van der Waals surface area contributed by atoms with Crippen molar-refractivity contribution in [3.63, 3.8) is 0 Å². The third-order valence-corrected chi connectivity index (χ3v) is 6.70. The first-order valence-electron chi connectivity index (χ1n) is 8.70. The Morgan fingerprint density at radius 1 is 1.05 bits per heavy atom. The standard InChI is InChI=1S/C17H28O4/c1-5-14-11(3)13-7-6-10(2)12-8-9-16(4)19-15(18-14)17(12,13)21-20-16/h10-15H,5-9H2,1-4H3/t10-,11-,12+,13+,14-,15-,16-,17-/m1/s1. The Morgan fingerprint density at radius 2 is 1.86 bits per heavy atom. The molecule has 5 aliphatic rings. The molecule has 5 fully saturated rings. The molecule has 0 radical (unpaired) electrons. The maximum Gasteiger partial charge on any atom is 0.201 e. The highest BCUT2D eigenvalue weighted by atomic mass is 17.3. The minimum atomic E-state index is -0.642. The predicted molar refractivity (Wildman–Crippen MR) is 77.1 cm³/mol. The lowest BCUT2D eigenvalue weighted by molar-refractivity contribution is -0.571. The van der Waals surface area contributed by atoms with Crippen LogP contribution >= 0.6 is 0 Å². The second-order valence-electron chi connectivity index (χ2n) is 7.85. The van der Waals surface area contributed by atoms with Gasteiger partial charge in [-0.05, 0) is 50.4 Å². The van der Waals surface area contributed by atoms with E-state index in [2.05, 4.69) is 20.8 Å². The molecule has 0 amide bonds. The summed E-state index contributed by atoms with van der Waals surface area (Å²) in [6.45, 7) is 8.86. The molecule has 1 aliphatic carbocycles. The molecule has 21 heavy (non-hydrogen) atoms. The molecular formula is C17H28O4. The Bertz CT molecular complexity index is 427. The van der Waals surface area contributed by atoms with Gasteiger partial charge in [0.15, 0.2) is 11.9 Å². The van der Waals surface area contributed by atoms with E-state index in [1.165, 1.54) is 12.8 Å². The first kappa shape index (κ1) is 14.4. The van der Waals surface area contributed by atoms with Gasteiger partial charge in [-0.15, -0.1) is 0 Å². The normalized spacial score (nSPS) is 59.4. The maximum atomic E-state index is 6.38. The van der Waals surface area contributed by atoms with Crippen molar-refractivity contribution >= 4 is 0 Å². The first-order chi connectivity index (χ1) is 10.00. The van der Waals surface area contributed by atoms with Crippen LogP contribution in [-0.4, -0.2) is 23.8 Å². The summed E-state index contributed by atoms with van der Waals surface area (Å²) in [4.78, 5) is 11.9. The van der Waals surface area contributed by atoms with Crippen molar-refractivity contribution in [1.82, 2.24) is 0 Å². The predicted octanol–water partition coefficient (Wildman–Crippen LogP) is 3.65. The lowest BCUT2D eigenvalue weighted by Crippen LogP contribution is -2.70. The number of hydrogen-bond donors (Lipinski definition) is 0. The molecule has 4 nitrogen and oxygen atoms in total. The second-order valence-corrected chi connectivity index (χ2v) is 7.85. The van der Waals surface area contributed by atoms with Gasteiger partial charge < -0.3 is 9.47 Å². The van der Waals surface area contributed by atoms with Crippen molar-refractivity contribution in [2.75, 3.05) is 0 Å². The highest BCUT2D eigenvalue weighted by Gasteiger charge is 2.69. The molecular weight excluding hydrogens is 268 g/mol. The molecule has 4 heteroatoms. The zero-order valence-corrected chi connectivity index (χ0v) is 13.6. The monoisotopic (exact) mass is 296 g/mol.